The van der Waals surface area contributed by atoms with Crippen LogP contribution in [0.2, 0.25) is 0 Å². The number of fused-ring (bicyclic) bond motifs is 1. The molecule has 1 heterocycles. The van der Waals surface area contributed by atoms with E-state index in [-0.39, 0.29) is 18.6 Å². The Morgan fingerprint density at radius 1 is 1.44 bits per heavy atom. The maximum absolute atomic E-state index is 12.1. The number of carbonyl (C=O) groups excluding carboxylic acids is 1. The molecular formula is C14H18N2O2. The molecule has 0 spiro atoms. The zero-order valence-corrected chi connectivity index (χ0v) is 10.4. The highest BCUT2D eigenvalue weighted by Crippen LogP contribution is 2.14. The van der Waals surface area contributed by atoms with Gasteiger partial charge in [-0.1, -0.05) is 6.92 Å². The number of aromatic nitrogens is 1. The Kier molecular flexibility index (Phi) is 3.99. The number of carbonyl (C=O) groups is 1. The maximum Gasteiger partial charge on any atom is 0.251 e. The molecule has 3 N–H and O–H groups in total. The van der Waals surface area contributed by atoms with Crippen molar-refractivity contribution in [3.63, 3.8) is 0 Å². The number of nitrogens with one attached hydrogen (secondary N) is 2. The fraction of sp³-hybridized carbons (Fsp3) is 0.357. The van der Waals surface area contributed by atoms with E-state index < -0.39 is 0 Å². The first-order valence-corrected chi connectivity index (χ1v) is 6.23. The summed E-state index contributed by atoms with van der Waals surface area (Å²) >= 11 is 0. The molecule has 96 valence electrons. The Labute approximate surface area is 106 Å². The Morgan fingerprint density at radius 2 is 2.28 bits per heavy atom. The molecule has 0 radical (unpaired) electrons. The number of amides is 1. The van der Waals surface area contributed by atoms with Crippen molar-refractivity contribution in [1.82, 2.24) is 10.3 Å². The van der Waals surface area contributed by atoms with Crippen LogP contribution in [0, 0.1) is 0 Å². The average Bonchev–Trinajstić information content (AvgIpc) is 2.85. The topological polar surface area (TPSA) is 65.1 Å². The van der Waals surface area contributed by atoms with Crippen molar-refractivity contribution in [3.05, 3.63) is 36.0 Å². The van der Waals surface area contributed by atoms with Crippen molar-refractivity contribution in [1.29, 1.82) is 0 Å². The summed E-state index contributed by atoms with van der Waals surface area (Å²) in [6, 6.07) is 7.55. The van der Waals surface area contributed by atoms with Crippen molar-refractivity contribution < 1.29 is 9.90 Å². The molecule has 1 unspecified atom stereocenters. The minimum absolute atomic E-state index is 0.0319. The molecule has 2 rings (SSSR count). The van der Waals surface area contributed by atoms with Gasteiger partial charge < -0.3 is 15.4 Å². The van der Waals surface area contributed by atoms with E-state index in [0.717, 1.165) is 17.3 Å². The van der Waals surface area contributed by atoms with Gasteiger partial charge in [-0.3, -0.25) is 4.79 Å². The smallest absolute Gasteiger partial charge is 0.251 e. The van der Waals surface area contributed by atoms with Crippen molar-refractivity contribution in [2.75, 3.05) is 6.61 Å². The van der Waals surface area contributed by atoms with Gasteiger partial charge in [0, 0.05) is 35.3 Å². The molecule has 0 aliphatic carbocycles. The van der Waals surface area contributed by atoms with Crippen LogP contribution >= 0.6 is 0 Å². The molecule has 0 aliphatic rings. The zero-order valence-electron chi connectivity index (χ0n) is 10.4. The third-order valence-corrected chi connectivity index (χ3v) is 3.12. The van der Waals surface area contributed by atoms with E-state index >= 15 is 0 Å². The number of rotatable bonds is 5. The number of aromatic amines is 1. The van der Waals surface area contributed by atoms with Crippen LogP contribution in [0.25, 0.3) is 10.9 Å². The summed E-state index contributed by atoms with van der Waals surface area (Å²) in [5.41, 5.74) is 1.67. The largest absolute Gasteiger partial charge is 0.396 e. The summed E-state index contributed by atoms with van der Waals surface area (Å²) in [5, 5.41) is 12.9. The van der Waals surface area contributed by atoms with Crippen LogP contribution in [0.5, 0.6) is 0 Å². The van der Waals surface area contributed by atoms with Crippen LogP contribution < -0.4 is 5.32 Å². The van der Waals surface area contributed by atoms with Crippen molar-refractivity contribution >= 4 is 16.8 Å². The summed E-state index contributed by atoms with van der Waals surface area (Å²) in [7, 11) is 0. The molecule has 1 atom stereocenters. The molecule has 4 heteroatoms. The van der Waals surface area contributed by atoms with E-state index in [1.54, 1.807) is 6.07 Å². The van der Waals surface area contributed by atoms with Crippen LogP contribution in [-0.2, 0) is 0 Å². The van der Waals surface area contributed by atoms with Crippen LogP contribution in [0.4, 0.5) is 0 Å². The van der Waals surface area contributed by atoms with Gasteiger partial charge in [0.1, 0.15) is 0 Å². The van der Waals surface area contributed by atoms with E-state index in [0.29, 0.717) is 12.0 Å². The summed E-state index contributed by atoms with van der Waals surface area (Å²) in [6.07, 6.45) is 3.26. The molecule has 0 aliphatic heterocycles. The molecule has 2 aromatic rings. The molecule has 0 saturated carbocycles. The van der Waals surface area contributed by atoms with E-state index in [1.165, 1.54) is 0 Å². The molecule has 1 aromatic heterocycles. The third kappa shape index (κ3) is 2.71. The number of hydrogen-bond acceptors (Lipinski definition) is 2. The van der Waals surface area contributed by atoms with E-state index in [1.807, 2.05) is 31.3 Å². The Bertz CT molecular complexity index is 533. The van der Waals surface area contributed by atoms with Crippen LogP contribution in [-0.4, -0.2) is 28.6 Å². The lowest BCUT2D eigenvalue weighted by Gasteiger charge is -2.15. The molecule has 1 amide bonds. The van der Waals surface area contributed by atoms with Crippen LogP contribution in [0.1, 0.15) is 30.1 Å². The number of hydrogen-bond donors (Lipinski definition) is 3. The van der Waals surface area contributed by atoms with Crippen molar-refractivity contribution in [3.8, 4) is 0 Å². The molecule has 0 saturated heterocycles. The zero-order chi connectivity index (χ0) is 13.0. The Morgan fingerprint density at radius 3 is 3.00 bits per heavy atom. The van der Waals surface area contributed by atoms with Crippen LogP contribution in [0.15, 0.2) is 30.5 Å². The normalized spacial score (nSPS) is 12.6. The number of aliphatic hydroxyl groups excluding tert-OH is 1. The number of benzene rings is 1. The average molecular weight is 246 g/mol. The van der Waals surface area contributed by atoms with Gasteiger partial charge in [0.15, 0.2) is 0 Å². The Hall–Kier alpha value is -1.81. The van der Waals surface area contributed by atoms with Gasteiger partial charge in [0.25, 0.3) is 5.91 Å². The predicted molar refractivity (Wildman–Crippen MR) is 71.5 cm³/mol. The maximum atomic E-state index is 12.1. The van der Waals surface area contributed by atoms with Gasteiger partial charge in [0.2, 0.25) is 0 Å². The van der Waals surface area contributed by atoms with E-state index in [4.69, 9.17) is 5.11 Å². The van der Waals surface area contributed by atoms with Gasteiger partial charge in [0.05, 0.1) is 0 Å². The molecule has 1 aromatic carbocycles. The quantitative estimate of drug-likeness (QED) is 0.756. The summed E-state index contributed by atoms with van der Waals surface area (Å²) in [4.78, 5) is 15.1. The molecular weight excluding hydrogens is 228 g/mol. The SMILES string of the molecule is CCC(CCO)NC(=O)c1ccc2[nH]ccc2c1. The highest BCUT2D eigenvalue weighted by molar-refractivity contribution is 5.98. The molecule has 18 heavy (non-hydrogen) atoms. The second-order valence-corrected chi connectivity index (χ2v) is 4.37. The fourth-order valence-corrected chi connectivity index (χ4v) is 2.00. The third-order valence-electron chi connectivity index (χ3n) is 3.12. The van der Waals surface area contributed by atoms with Gasteiger partial charge in [-0.2, -0.15) is 0 Å². The monoisotopic (exact) mass is 246 g/mol. The standard InChI is InChI=1S/C14H18N2O2/c1-2-12(6-8-17)16-14(18)11-3-4-13-10(9-11)5-7-15-13/h3-5,7,9,12,15,17H,2,6,8H2,1H3,(H,16,18). The minimum atomic E-state index is -0.0848. The van der Waals surface area contributed by atoms with Crippen LogP contribution in [0.3, 0.4) is 0 Å². The highest BCUT2D eigenvalue weighted by Gasteiger charge is 2.12. The van der Waals surface area contributed by atoms with Gasteiger partial charge in [-0.15, -0.1) is 0 Å². The summed E-state index contributed by atoms with van der Waals surface area (Å²) in [6.45, 7) is 2.09. The molecule has 0 bridgehead atoms. The Balaban J connectivity index is 2.12. The molecule has 0 fully saturated rings. The van der Waals surface area contributed by atoms with Gasteiger partial charge in [-0.25, -0.2) is 0 Å². The highest BCUT2D eigenvalue weighted by atomic mass is 16.3. The molecule has 4 nitrogen and oxygen atoms in total. The van der Waals surface area contributed by atoms with E-state index in [2.05, 4.69) is 10.3 Å². The van der Waals surface area contributed by atoms with Crippen molar-refractivity contribution in [2.24, 2.45) is 0 Å². The summed E-state index contributed by atoms with van der Waals surface area (Å²) in [5.74, 6) is -0.0848. The van der Waals surface area contributed by atoms with Gasteiger partial charge >= 0.3 is 0 Å². The lowest BCUT2D eigenvalue weighted by Crippen LogP contribution is -2.35. The fourth-order valence-electron chi connectivity index (χ4n) is 2.00. The first-order chi connectivity index (χ1) is 8.74. The second kappa shape index (κ2) is 5.69. The second-order valence-electron chi connectivity index (χ2n) is 4.37. The van der Waals surface area contributed by atoms with Crippen molar-refractivity contribution in [2.45, 2.75) is 25.8 Å². The van der Waals surface area contributed by atoms with E-state index in [9.17, 15) is 4.79 Å². The minimum Gasteiger partial charge on any atom is -0.396 e. The lowest BCUT2D eigenvalue weighted by atomic mass is 10.1. The number of H-pyrrole nitrogens is 1. The first kappa shape index (κ1) is 12.6. The lowest BCUT2D eigenvalue weighted by molar-refractivity contribution is 0.0929. The summed E-state index contributed by atoms with van der Waals surface area (Å²) < 4.78 is 0. The first-order valence-electron chi connectivity index (χ1n) is 6.23. The number of aliphatic hydroxyl groups is 1. The van der Waals surface area contributed by atoms with Gasteiger partial charge in [-0.05, 0) is 37.1 Å². The predicted octanol–water partition coefficient (Wildman–Crippen LogP) is 2.06.